The van der Waals surface area contributed by atoms with Crippen molar-refractivity contribution in [1.82, 2.24) is 0 Å². The summed E-state index contributed by atoms with van der Waals surface area (Å²) in [4.78, 5) is 11.3. The van der Waals surface area contributed by atoms with Crippen LogP contribution in [0.25, 0.3) is 5.57 Å². The van der Waals surface area contributed by atoms with Gasteiger partial charge in [-0.15, -0.1) is 0 Å². The van der Waals surface area contributed by atoms with Crippen molar-refractivity contribution in [1.29, 1.82) is 0 Å². The highest BCUT2D eigenvalue weighted by atomic mass is 28.4. The van der Waals surface area contributed by atoms with Crippen LogP contribution in [0.1, 0.15) is 50.0 Å². The topological polar surface area (TPSA) is 26.3 Å². The summed E-state index contributed by atoms with van der Waals surface area (Å²) in [6.07, 6.45) is 0.825. The summed E-state index contributed by atoms with van der Waals surface area (Å²) in [5.41, 5.74) is 2.88. The van der Waals surface area contributed by atoms with E-state index in [9.17, 15) is 4.79 Å². The fourth-order valence-corrected chi connectivity index (χ4v) is 2.78. The zero-order valence-electron chi connectivity index (χ0n) is 14.2. The van der Waals surface area contributed by atoms with Gasteiger partial charge in [-0.25, -0.2) is 0 Å². The Hall–Kier alpha value is -1.19. The third kappa shape index (κ3) is 4.94. The molecule has 0 N–H and O–H groups in total. The molecular weight excluding hydrogens is 276 g/mol. The number of ketones is 1. The van der Waals surface area contributed by atoms with Crippen LogP contribution in [0.5, 0.6) is 0 Å². The van der Waals surface area contributed by atoms with E-state index in [4.69, 9.17) is 4.43 Å². The summed E-state index contributed by atoms with van der Waals surface area (Å²) in [7, 11) is -1.68. The Labute approximate surface area is 130 Å². The van der Waals surface area contributed by atoms with Gasteiger partial charge in [0.15, 0.2) is 14.1 Å². The van der Waals surface area contributed by atoms with E-state index >= 15 is 0 Å². The smallest absolute Gasteiger partial charge is 0.191 e. The van der Waals surface area contributed by atoms with Gasteiger partial charge in [0.05, 0.1) is 0 Å². The van der Waals surface area contributed by atoms with Gasteiger partial charge in [0, 0.05) is 12.2 Å². The number of Topliss-reactive ketones (excluding diaryl/α,β-unsaturated/α-hetero) is 1. The first-order chi connectivity index (χ1) is 9.54. The van der Waals surface area contributed by atoms with Gasteiger partial charge in [-0.2, -0.15) is 0 Å². The Morgan fingerprint density at radius 2 is 1.62 bits per heavy atom. The second-order valence-corrected chi connectivity index (χ2v) is 11.9. The van der Waals surface area contributed by atoms with Gasteiger partial charge < -0.3 is 4.43 Å². The van der Waals surface area contributed by atoms with Crippen LogP contribution in [0.15, 0.2) is 30.8 Å². The first-order valence-corrected chi connectivity index (χ1v) is 10.4. The highest BCUT2D eigenvalue weighted by molar-refractivity contribution is 6.74. The normalized spacial score (nSPS) is 12.3. The van der Waals surface area contributed by atoms with Crippen LogP contribution in [0.3, 0.4) is 0 Å². The zero-order valence-corrected chi connectivity index (χ0v) is 15.2. The van der Waals surface area contributed by atoms with Crippen LogP contribution < -0.4 is 0 Å². The lowest BCUT2D eigenvalue weighted by atomic mass is 10.0. The molecule has 0 aliphatic heterocycles. The molecule has 0 fully saturated rings. The predicted molar refractivity (Wildman–Crippen MR) is 93.2 cm³/mol. The molecule has 3 heteroatoms. The van der Waals surface area contributed by atoms with Crippen LogP contribution in [0, 0.1) is 0 Å². The molecule has 0 saturated heterocycles. The van der Waals surface area contributed by atoms with E-state index in [1.807, 2.05) is 24.3 Å². The average Bonchev–Trinajstić information content (AvgIpc) is 2.37. The first kappa shape index (κ1) is 17.9. The average molecular weight is 305 g/mol. The molecule has 0 amide bonds. The lowest BCUT2D eigenvalue weighted by molar-refractivity contribution is 0.101. The molecule has 1 rings (SSSR count). The highest BCUT2D eigenvalue weighted by Gasteiger charge is 2.36. The van der Waals surface area contributed by atoms with E-state index < -0.39 is 8.32 Å². The van der Waals surface area contributed by atoms with Crippen molar-refractivity contribution in [3.05, 3.63) is 42.0 Å². The van der Waals surface area contributed by atoms with Crippen LogP contribution in [-0.4, -0.2) is 20.7 Å². The molecule has 2 nitrogen and oxygen atoms in total. The number of benzene rings is 1. The van der Waals surface area contributed by atoms with Crippen LogP contribution >= 0.6 is 0 Å². The summed E-state index contributed by atoms with van der Waals surface area (Å²) >= 11 is 0. The summed E-state index contributed by atoms with van der Waals surface area (Å²) in [6, 6.07) is 7.64. The van der Waals surface area contributed by atoms with Gasteiger partial charge >= 0.3 is 0 Å². The molecule has 116 valence electrons. The van der Waals surface area contributed by atoms with Crippen molar-refractivity contribution >= 4 is 19.7 Å². The highest BCUT2D eigenvalue weighted by Crippen LogP contribution is 2.36. The molecule has 0 heterocycles. The Kier molecular flexibility index (Phi) is 5.71. The number of carbonyl (C=O) groups is 1. The lowest BCUT2D eigenvalue weighted by Gasteiger charge is -2.36. The van der Waals surface area contributed by atoms with E-state index in [2.05, 4.69) is 40.4 Å². The van der Waals surface area contributed by atoms with Crippen LogP contribution in [0.4, 0.5) is 0 Å². The molecule has 0 bridgehead atoms. The maximum Gasteiger partial charge on any atom is 0.191 e. The summed E-state index contributed by atoms with van der Waals surface area (Å²) in [5, 5.41) is 0.234. The zero-order chi connectivity index (χ0) is 16.3. The number of hydrogen-bond donors (Lipinski definition) is 0. The third-order valence-electron chi connectivity index (χ3n) is 4.37. The summed E-state index contributed by atoms with van der Waals surface area (Å²) in [5.74, 6) is 0.0911. The Morgan fingerprint density at radius 1 is 1.14 bits per heavy atom. The Balaban J connectivity index is 2.57. The van der Waals surface area contributed by atoms with Crippen molar-refractivity contribution < 1.29 is 9.22 Å². The van der Waals surface area contributed by atoms with Crippen molar-refractivity contribution in [2.75, 3.05) is 6.61 Å². The van der Waals surface area contributed by atoms with Crippen LogP contribution in [-0.2, 0) is 4.43 Å². The molecule has 1 aromatic carbocycles. The SMILES string of the molecule is C=C(CCO[Si](C)(C)C(C)(C)C)c1ccc(C(C)=O)cc1. The molecule has 0 radical (unpaired) electrons. The number of carbonyl (C=O) groups excluding carboxylic acids is 1. The van der Waals surface area contributed by atoms with E-state index in [0.717, 1.165) is 23.1 Å². The van der Waals surface area contributed by atoms with Gasteiger partial charge in [0.1, 0.15) is 0 Å². The van der Waals surface area contributed by atoms with Gasteiger partial charge in [0.2, 0.25) is 0 Å². The van der Waals surface area contributed by atoms with Gasteiger partial charge in [-0.1, -0.05) is 51.6 Å². The molecule has 0 atom stereocenters. The Morgan fingerprint density at radius 3 is 2.05 bits per heavy atom. The Bertz CT molecular complexity index is 507. The van der Waals surface area contributed by atoms with E-state index in [-0.39, 0.29) is 10.8 Å². The van der Waals surface area contributed by atoms with Crippen molar-refractivity contribution in [2.45, 2.75) is 52.2 Å². The monoisotopic (exact) mass is 304 g/mol. The van der Waals surface area contributed by atoms with Crippen LogP contribution in [0.2, 0.25) is 18.1 Å². The molecule has 0 aliphatic rings. The second-order valence-electron chi connectivity index (χ2n) is 7.10. The van der Waals surface area contributed by atoms with Gasteiger partial charge in [-0.05, 0) is 42.6 Å². The van der Waals surface area contributed by atoms with Crippen molar-refractivity contribution in [3.8, 4) is 0 Å². The largest absolute Gasteiger partial charge is 0.416 e. The molecule has 0 aliphatic carbocycles. The number of rotatable bonds is 6. The first-order valence-electron chi connectivity index (χ1n) is 7.48. The standard InChI is InChI=1S/C18H28O2Si/c1-14(12-13-20-21(6,7)18(3,4)5)16-8-10-17(11-9-16)15(2)19/h8-11H,1,12-13H2,2-7H3. The van der Waals surface area contributed by atoms with Crippen molar-refractivity contribution in [2.24, 2.45) is 0 Å². The molecule has 0 spiro atoms. The fourth-order valence-electron chi connectivity index (χ4n) is 1.73. The van der Waals surface area contributed by atoms with E-state index in [1.54, 1.807) is 6.92 Å². The van der Waals surface area contributed by atoms with Gasteiger partial charge in [-0.3, -0.25) is 4.79 Å². The minimum Gasteiger partial charge on any atom is -0.416 e. The summed E-state index contributed by atoms with van der Waals surface area (Å²) in [6.45, 7) is 17.7. The predicted octanol–water partition coefficient (Wildman–Crippen LogP) is 5.31. The molecular formula is C18H28O2Si. The summed E-state index contributed by atoms with van der Waals surface area (Å²) < 4.78 is 6.17. The molecule has 21 heavy (non-hydrogen) atoms. The third-order valence-corrected chi connectivity index (χ3v) is 8.91. The molecule has 1 aromatic rings. The quantitative estimate of drug-likeness (QED) is 0.525. The minimum atomic E-state index is -1.68. The second kappa shape index (κ2) is 6.71. The lowest BCUT2D eigenvalue weighted by Crippen LogP contribution is -2.40. The molecule has 0 unspecified atom stereocenters. The molecule has 0 aromatic heterocycles. The van der Waals surface area contributed by atoms with Crippen molar-refractivity contribution in [3.63, 3.8) is 0 Å². The maximum absolute atomic E-state index is 11.3. The molecule has 0 saturated carbocycles. The minimum absolute atomic E-state index is 0.0911. The fraction of sp³-hybridized carbons (Fsp3) is 0.500. The maximum atomic E-state index is 11.3. The van der Waals surface area contributed by atoms with Gasteiger partial charge in [0.25, 0.3) is 0 Å². The van der Waals surface area contributed by atoms with E-state index in [0.29, 0.717) is 6.61 Å². The number of hydrogen-bond acceptors (Lipinski definition) is 2. The van der Waals surface area contributed by atoms with E-state index in [1.165, 1.54) is 0 Å².